The number of carbonyl (C=O) groups excluding carboxylic acids is 1. The van der Waals surface area contributed by atoms with Crippen molar-refractivity contribution in [1.29, 1.82) is 0 Å². The van der Waals surface area contributed by atoms with E-state index >= 15 is 0 Å². The van der Waals surface area contributed by atoms with Crippen molar-refractivity contribution < 1.29 is 9.18 Å². The van der Waals surface area contributed by atoms with Crippen molar-refractivity contribution in [2.45, 2.75) is 6.42 Å². The minimum atomic E-state index is -0.313. The number of carbonyl (C=O) groups is 1. The van der Waals surface area contributed by atoms with Crippen LogP contribution in [0.4, 0.5) is 4.39 Å². The van der Waals surface area contributed by atoms with E-state index in [1.54, 1.807) is 12.3 Å². The van der Waals surface area contributed by atoms with Crippen LogP contribution in [0.2, 0.25) is 0 Å². The van der Waals surface area contributed by atoms with Gasteiger partial charge in [-0.2, -0.15) is 0 Å². The van der Waals surface area contributed by atoms with E-state index in [1.807, 2.05) is 14.1 Å². The van der Waals surface area contributed by atoms with Gasteiger partial charge < -0.3 is 15.2 Å². The Morgan fingerprint density at radius 2 is 2.21 bits per heavy atom. The summed E-state index contributed by atoms with van der Waals surface area (Å²) in [7, 11) is 3.99. The molecule has 0 aliphatic carbocycles. The molecule has 0 bridgehead atoms. The number of benzene rings is 1. The van der Waals surface area contributed by atoms with Crippen molar-refractivity contribution in [1.82, 2.24) is 15.2 Å². The molecule has 1 aromatic carbocycles. The largest absolute Gasteiger partial charge is 0.360 e. The lowest BCUT2D eigenvalue weighted by Crippen LogP contribution is -2.26. The van der Waals surface area contributed by atoms with Gasteiger partial charge in [-0.25, -0.2) is 4.39 Å². The van der Waals surface area contributed by atoms with Crippen LogP contribution in [0.25, 0.3) is 10.9 Å². The maximum absolute atomic E-state index is 13.0. The monoisotopic (exact) mass is 263 g/mol. The highest BCUT2D eigenvalue weighted by atomic mass is 19.1. The van der Waals surface area contributed by atoms with Crippen LogP contribution in [0.1, 0.15) is 16.8 Å². The average molecular weight is 263 g/mol. The molecule has 2 aromatic rings. The van der Waals surface area contributed by atoms with Crippen LogP contribution in [0, 0.1) is 5.82 Å². The molecular weight excluding hydrogens is 245 g/mol. The van der Waals surface area contributed by atoms with Crippen LogP contribution < -0.4 is 5.32 Å². The number of halogens is 1. The van der Waals surface area contributed by atoms with Crippen LogP contribution >= 0.6 is 0 Å². The molecule has 0 unspecified atom stereocenters. The fourth-order valence-corrected chi connectivity index (χ4v) is 1.98. The van der Waals surface area contributed by atoms with E-state index in [1.165, 1.54) is 12.1 Å². The molecule has 0 atom stereocenters. The Kier molecular flexibility index (Phi) is 4.16. The number of aromatic nitrogens is 1. The highest BCUT2D eigenvalue weighted by Gasteiger charge is 2.11. The zero-order valence-corrected chi connectivity index (χ0v) is 11.2. The number of H-pyrrole nitrogens is 1. The second-order valence-corrected chi connectivity index (χ2v) is 4.80. The number of aromatic amines is 1. The molecule has 4 nitrogen and oxygen atoms in total. The van der Waals surface area contributed by atoms with E-state index in [0.717, 1.165) is 18.4 Å². The van der Waals surface area contributed by atoms with Gasteiger partial charge in [0.15, 0.2) is 0 Å². The van der Waals surface area contributed by atoms with Crippen LogP contribution in [0.5, 0.6) is 0 Å². The Morgan fingerprint density at radius 1 is 1.42 bits per heavy atom. The fraction of sp³-hybridized carbons (Fsp3) is 0.357. The summed E-state index contributed by atoms with van der Waals surface area (Å²) in [6.45, 7) is 1.56. The molecule has 2 rings (SSSR count). The van der Waals surface area contributed by atoms with Crippen LogP contribution in [-0.4, -0.2) is 43.0 Å². The van der Waals surface area contributed by atoms with Crippen molar-refractivity contribution in [3.8, 4) is 0 Å². The topological polar surface area (TPSA) is 48.1 Å². The first-order valence-corrected chi connectivity index (χ1v) is 6.27. The number of nitrogens with zero attached hydrogens (tertiary/aromatic N) is 1. The van der Waals surface area contributed by atoms with E-state index < -0.39 is 0 Å². The minimum Gasteiger partial charge on any atom is -0.360 e. The van der Waals surface area contributed by atoms with Gasteiger partial charge in [0.05, 0.1) is 5.56 Å². The van der Waals surface area contributed by atoms with Crippen LogP contribution in [0.15, 0.2) is 24.4 Å². The van der Waals surface area contributed by atoms with Gasteiger partial charge in [0, 0.05) is 23.6 Å². The molecule has 0 aliphatic rings. The number of nitrogens with one attached hydrogen (secondary N) is 2. The summed E-state index contributed by atoms with van der Waals surface area (Å²) in [6, 6.07) is 4.37. The summed E-state index contributed by atoms with van der Waals surface area (Å²) in [5.74, 6) is -0.441. The first-order valence-electron chi connectivity index (χ1n) is 6.27. The maximum atomic E-state index is 13.0. The van der Waals surface area contributed by atoms with Crippen molar-refractivity contribution in [3.63, 3.8) is 0 Å². The molecule has 5 heteroatoms. The molecule has 0 aliphatic heterocycles. The molecule has 1 aromatic heterocycles. The predicted octanol–water partition coefficient (Wildman–Crippen LogP) is 1.99. The van der Waals surface area contributed by atoms with E-state index in [-0.39, 0.29) is 11.7 Å². The standard InChI is InChI=1S/C14H18FN3O/c1-18(2)7-3-6-16-14(19)12-9-17-13-8-10(15)4-5-11(12)13/h4-5,8-9,17H,3,6-7H2,1-2H3,(H,16,19). The molecule has 0 saturated heterocycles. The van der Waals surface area contributed by atoms with Crippen molar-refractivity contribution in [3.05, 3.63) is 35.8 Å². The summed E-state index contributed by atoms with van der Waals surface area (Å²) in [6.07, 6.45) is 2.51. The summed E-state index contributed by atoms with van der Waals surface area (Å²) >= 11 is 0. The number of hydrogen-bond acceptors (Lipinski definition) is 2. The first-order chi connectivity index (χ1) is 9.08. The zero-order chi connectivity index (χ0) is 13.8. The number of fused-ring (bicyclic) bond motifs is 1. The van der Waals surface area contributed by atoms with Gasteiger partial charge in [-0.15, -0.1) is 0 Å². The molecule has 2 N–H and O–H groups in total. The van der Waals surface area contributed by atoms with Gasteiger partial charge in [0.2, 0.25) is 0 Å². The summed E-state index contributed by atoms with van der Waals surface area (Å²) in [4.78, 5) is 17.0. The number of rotatable bonds is 5. The Balaban J connectivity index is 2.01. The molecule has 1 amide bonds. The number of amides is 1. The lowest BCUT2D eigenvalue weighted by atomic mass is 10.1. The van der Waals surface area contributed by atoms with Gasteiger partial charge >= 0.3 is 0 Å². The maximum Gasteiger partial charge on any atom is 0.253 e. The first kappa shape index (κ1) is 13.5. The molecular formula is C14H18FN3O. The van der Waals surface area contributed by atoms with E-state index in [9.17, 15) is 9.18 Å². The highest BCUT2D eigenvalue weighted by molar-refractivity contribution is 6.06. The van der Waals surface area contributed by atoms with Crippen LogP contribution in [0.3, 0.4) is 0 Å². The smallest absolute Gasteiger partial charge is 0.253 e. The zero-order valence-electron chi connectivity index (χ0n) is 11.2. The lowest BCUT2D eigenvalue weighted by Gasteiger charge is -2.09. The van der Waals surface area contributed by atoms with Crippen LogP contribution in [-0.2, 0) is 0 Å². The van der Waals surface area contributed by atoms with Gasteiger partial charge in [-0.3, -0.25) is 4.79 Å². The average Bonchev–Trinajstić information content (AvgIpc) is 2.77. The molecule has 0 fully saturated rings. The van der Waals surface area contributed by atoms with Crippen molar-refractivity contribution >= 4 is 16.8 Å². The van der Waals surface area contributed by atoms with Gasteiger partial charge in [0.1, 0.15) is 5.82 Å². The van der Waals surface area contributed by atoms with E-state index in [2.05, 4.69) is 15.2 Å². The van der Waals surface area contributed by atoms with Crippen molar-refractivity contribution in [2.75, 3.05) is 27.2 Å². The molecule has 1 heterocycles. The van der Waals surface area contributed by atoms with E-state index in [0.29, 0.717) is 17.6 Å². The Hall–Kier alpha value is -1.88. The third-order valence-corrected chi connectivity index (χ3v) is 2.96. The summed E-state index contributed by atoms with van der Waals surface area (Å²) < 4.78 is 13.0. The molecule has 0 saturated carbocycles. The van der Waals surface area contributed by atoms with E-state index in [4.69, 9.17) is 0 Å². The van der Waals surface area contributed by atoms with Gasteiger partial charge in [-0.1, -0.05) is 0 Å². The minimum absolute atomic E-state index is 0.128. The number of hydrogen-bond donors (Lipinski definition) is 2. The second kappa shape index (κ2) is 5.84. The quantitative estimate of drug-likeness (QED) is 0.810. The molecule has 102 valence electrons. The SMILES string of the molecule is CN(C)CCCNC(=O)c1c[nH]c2cc(F)ccc12. The summed E-state index contributed by atoms with van der Waals surface area (Å²) in [5.41, 5.74) is 1.19. The second-order valence-electron chi connectivity index (χ2n) is 4.80. The van der Waals surface area contributed by atoms with Gasteiger partial charge in [0.25, 0.3) is 5.91 Å². The Labute approximate surface area is 111 Å². The molecule has 19 heavy (non-hydrogen) atoms. The Bertz CT molecular complexity index is 577. The van der Waals surface area contributed by atoms with Gasteiger partial charge in [-0.05, 0) is 45.3 Å². The summed E-state index contributed by atoms with van der Waals surface area (Å²) in [5, 5.41) is 3.61. The third-order valence-electron chi connectivity index (χ3n) is 2.96. The normalized spacial score (nSPS) is 11.2. The fourth-order valence-electron chi connectivity index (χ4n) is 1.98. The lowest BCUT2D eigenvalue weighted by molar-refractivity contribution is 0.0954. The Morgan fingerprint density at radius 3 is 2.95 bits per heavy atom. The van der Waals surface area contributed by atoms with Crippen molar-refractivity contribution in [2.24, 2.45) is 0 Å². The molecule has 0 spiro atoms. The highest BCUT2D eigenvalue weighted by Crippen LogP contribution is 2.18. The predicted molar refractivity (Wildman–Crippen MR) is 73.8 cm³/mol. The third kappa shape index (κ3) is 3.32. The molecule has 0 radical (unpaired) electrons.